The topological polar surface area (TPSA) is 35.5 Å². The van der Waals surface area contributed by atoms with Crippen LogP contribution in [0.4, 0.5) is 0 Å². The lowest BCUT2D eigenvalue weighted by Gasteiger charge is -2.36. The van der Waals surface area contributed by atoms with Gasteiger partial charge in [-0.1, -0.05) is 38.3 Å². The summed E-state index contributed by atoms with van der Waals surface area (Å²) in [4.78, 5) is 12.3. The first-order valence-electron chi connectivity index (χ1n) is 8.19. The number of hydrogen-bond donors (Lipinski definition) is 0. The normalized spacial score (nSPS) is 34.4. The number of allylic oxidation sites excluding steroid dienone is 1. The summed E-state index contributed by atoms with van der Waals surface area (Å²) in [5.74, 6) is 0.527. The molecule has 2 fully saturated rings. The molecule has 2 atom stereocenters. The van der Waals surface area contributed by atoms with Crippen molar-refractivity contribution in [2.75, 3.05) is 6.79 Å². The van der Waals surface area contributed by atoms with Gasteiger partial charge in [-0.05, 0) is 44.4 Å². The van der Waals surface area contributed by atoms with Crippen LogP contribution in [0.5, 0.6) is 0 Å². The fourth-order valence-corrected chi connectivity index (χ4v) is 4.15. The van der Waals surface area contributed by atoms with Crippen molar-refractivity contribution in [1.29, 1.82) is 0 Å². The standard InChI is InChI=1S/C17H26O3/c1-2-17(8-4-3-5-9-17)20-13-19-15(18)16-10-6-14(12-16)7-11-16/h6,10,14H,2-5,7-9,11-13H2,1H3. The highest BCUT2D eigenvalue weighted by Crippen LogP contribution is 2.49. The van der Waals surface area contributed by atoms with E-state index in [0.717, 1.165) is 38.5 Å². The smallest absolute Gasteiger partial charge is 0.318 e. The molecule has 0 saturated heterocycles. The molecule has 0 amide bonds. The molecule has 3 aliphatic rings. The number of fused-ring (bicyclic) bond motifs is 2. The van der Waals surface area contributed by atoms with Gasteiger partial charge in [0.15, 0.2) is 6.79 Å². The van der Waals surface area contributed by atoms with Crippen LogP contribution < -0.4 is 0 Å². The van der Waals surface area contributed by atoms with Gasteiger partial charge in [-0.15, -0.1) is 0 Å². The highest BCUT2D eigenvalue weighted by molar-refractivity contribution is 5.80. The summed E-state index contributed by atoms with van der Waals surface area (Å²) in [6.45, 7) is 2.31. The second-order valence-electron chi connectivity index (χ2n) is 6.81. The molecule has 0 aromatic rings. The van der Waals surface area contributed by atoms with Gasteiger partial charge < -0.3 is 9.47 Å². The third-order valence-electron chi connectivity index (χ3n) is 5.65. The van der Waals surface area contributed by atoms with E-state index in [1.165, 1.54) is 19.3 Å². The zero-order valence-electron chi connectivity index (χ0n) is 12.5. The first-order chi connectivity index (χ1) is 9.68. The van der Waals surface area contributed by atoms with Gasteiger partial charge in [-0.2, -0.15) is 0 Å². The zero-order valence-corrected chi connectivity index (χ0v) is 12.5. The Labute approximate surface area is 121 Å². The highest BCUT2D eigenvalue weighted by atomic mass is 16.7. The molecule has 3 heteroatoms. The van der Waals surface area contributed by atoms with Crippen LogP contribution in [0.2, 0.25) is 0 Å². The maximum Gasteiger partial charge on any atom is 0.318 e. The first-order valence-corrected chi connectivity index (χ1v) is 8.19. The van der Waals surface area contributed by atoms with Gasteiger partial charge in [-0.25, -0.2) is 0 Å². The van der Waals surface area contributed by atoms with Gasteiger partial charge >= 0.3 is 5.97 Å². The van der Waals surface area contributed by atoms with E-state index in [2.05, 4.69) is 19.1 Å². The Morgan fingerprint density at radius 1 is 1.25 bits per heavy atom. The SMILES string of the molecule is CCC1(OCOC(=O)C23C=CC(CC2)C3)CCCCC1. The molecule has 112 valence electrons. The van der Waals surface area contributed by atoms with E-state index in [-0.39, 0.29) is 23.8 Å². The highest BCUT2D eigenvalue weighted by Gasteiger charge is 2.47. The van der Waals surface area contributed by atoms with E-state index in [9.17, 15) is 4.79 Å². The molecule has 2 saturated carbocycles. The lowest BCUT2D eigenvalue weighted by molar-refractivity contribution is -0.186. The van der Waals surface area contributed by atoms with Gasteiger partial charge in [-0.3, -0.25) is 4.79 Å². The third-order valence-corrected chi connectivity index (χ3v) is 5.65. The Hall–Kier alpha value is -0.830. The minimum atomic E-state index is -0.319. The Bertz CT molecular complexity index is 395. The largest absolute Gasteiger partial charge is 0.438 e. The Morgan fingerprint density at radius 3 is 2.60 bits per heavy atom. The van der Waals surface area contributed by atoms with Gasteiger partial charge in [0.25, 0.3) is 0 Å². The Balaban J connectivity index is 1.50. The van der Waals surface area contributed by atoms with Crippen LogP contribution in [-0.2, 0) is 14.3 Å². The molecule has 0 heterocycles. The second-order valence-corrected chi connectivity index (χ2v) is 6.81. The predicted octanol–water partition coefficient (Wildman–Crippen LogP) is 3.97. The summed E-state index contributed by atoms with van der Waals surface area (Å²) in [6.07, 6.45) is 14.3. The number of carbonyl (C=O) groups excluding carboxylic acids is 1. The number of esters is 1. The maximum atomic E-state index is 12.3. The number of hydrogen-bond acceptors (Lipinski definition) is 3. The van der Waals surface area contributed by atoms with Crippen LogP contribution in [0.1, 0.15) is 64.7 Å². The third kappa shape index (κ3) is 2.52. The van der Waals surface area contributed by atoms with Gasteiger partial charge in [0.2, 0.25) is 0 Å². The monoisotopic (exact) mass is 278 g/mol. The molecule has 3 nitrogen and oxygen atoms in total. The molecule has 2 unspecified atom stereocenters. The van der Waals surface area contributed by atoms with Gasteiger partial charge in [0.05, 0.1) is 11.0 Å². The Kier molecular flexibility index (Phi) is 3.89. The van der Waals surface area contributed by atoms with E-state index >= 15 is 0 Å². The van der Waals surface area contributed by atoms with Crippen LogP contribution in [0.15, 0.2) is 12.2 Å². The van der Waals surface area contributed by atoms with E-state index in [1.807, 2.05) is 0 Å². The molecule has 0 aromatic carbocycles. The zero-order chi connectivity index (χ0) is 14.1. The average molecular weight is 278 g/mol. The quantitative estimate of drug-likeness (QED) is 0.433. The predicted molar refractivity (Wildman–Crippen MR) is 77.1 cm³/mol. The molecular formula is C17H26O3. The summed E-state index contributed by atoms with van der Waals surface area (Å²) in [6, 6.07) is 0. The van der Waals surface area contributed by atoms with Crippen molar-refractivity contribution in [2.45, 2.75) is 70.3 Å². The summed E-state index contributed by atoms with van der Waals surface area (Å²) in [5.41, 5.74) is -0.361. The molecule has 2 bridgehead atoms. The Morgan fingerprint density at radius 2 is 2.05 bits per heavy atom. The summed E-state index contributed by atoms with van der Waals surface area (Å²) < 4.78 is 11.5. The number of ether oxygens (including phenoxy) is 2. The van der Waals surface area contributed by atoms with Crippen LogP contribution >= 0.6 is 0 Å². The fraction of sp³-hybridized carbons (Fsp3) is 0.824. The van der Waals surface area contributed by atoms with E-state index in [4.69, 9.17) is 9.47 Å². The number of rotatable bonds is 5. The molecule has 3 rings (SSSR count). The van der Waals surface area contributed by atoms with E-state index in [0.29, 0.717) is 5.92 Å². The minimum Gasteiger partial charge on any atom is -0.438 e. The van der Waals surface area contributed by atoms with Crippen LogP contribution in [0, 0.1) is 11.3 Å². The summed E-state index contributed by atoms with van der Waals surface area (Å²) in [7, 11) is 0. The molecule has 0 N–H and O–H groups in total. The van der Waals surface area contributed by atoms with Crippen LogP contribution in [0.3, 0.4) is 0 Å². The summed E-state index contributed by atoms with van der Waals surface area (Å²) in [5, 5.41) is 0. The lowest BCUT2D eigenvalue weighted by atomic mass is 9.83. The van der Waals surface area contributed by atoms with Gasteiger partial charge in [0.1, 0.15) is 0 Å². The van der Waals surface area contributed by atoms with Crippen molar-refractivity contribution in [3.63, 3.8) is 0 Å². The molecule has 20 heavy (non-hydrogen) atoms. The number of carbonyl (C=O) groups is 1. The fourth-order valence-electron chi connectivity index (χ4n) is 4.15. The van der Waals surface area contributed by atoms with E-state index < -0.39 is 0 Å². The molecule has 0 radical (unpaired) electrons. The van der Waals surface area contributed by atoms with Crippen molar-refractivity contribution in [3.8, 4) is 0 Å². The van der Waals surface area contributed by atoms with Gasteiger partial charge in [0, 0.05) is 0 Å². The lowest BCUT2D eigenvalue weighted by Crippen LogP contribution is -2.36. The van der Waals surface area contributed by atoms with Crippen molar-refractivity contribution >= 4 is 5.97 Å². The molecule has 0 aromatic heterocycles. The van der Waals surface area contributed by atoms with E-state index in [1.54, 1.807) is 0 Å². The minimum absolute atomic E-state index is 0.0417. The van der Waals surface area contributed by atoms with Crippen molar-refractivity contribution in [1.82, 2.24) is 0 Å². The van der Waals surface area contributed by atoms with Crippen LogP contribution in [0.25, 0.3) is 0 Å². The molecule has 3 aliphatic carbocycles. The first kappa shape index (κ1) is 14.1. The van der Waals surface area contributed by atoms with Crippen LogP contribution in [-0.4, -0.2) is 18.4 Å². The van der Waals surface area contributed by atoms with Crippen molar-refractivity contribution < 1.29 is 14.3 Å². The maximum absolute atomic E-state index is 12.3. The molecular weight excluding hydrogens is 252 g/mol. The molecule has 0 aliphatic heterocycles. The van der Waals surface area contributed by atoms with Crippen molar-refractivity contribution in [3.05, 3.63) is 12.2 Å². The second kappa shape index (κ2) is 5.51. The average Bonchev–Trinajstić information content (AvgIpc) is 3.10. The van der Waals surface area contributed by atoms with Crippen molar-refractivity contribution in [2.24, 2.45) is 11.3 Å². The molecule has 0 spiro atoms. The summed E-state index contributed by atoms with van der Waals surface area (Å²) >= 11 is 0.